The first kappa shape index (κ1) is 34.8. The average Bonchev–Trinajstić information content (AvgIpc) is 3.99. The van der Waals surface area contributed by atoms with Crippen molar-refractivity contribution in [3.05, 3.63) is 218 Å². The highest BCUT2D eigenvalue weighted by atomic mass is 32.1. The fourth-order valence-electron chi connectivity index (χ4n) is 8.93. The Morgan fingerprint density at radius 1 is 0.333 bits per heavy atom. The summed E-state index contributed by atoms with van der Waals surface area (Å²) >= 11 is 3.74. The molecule has 0 N–H and O–H groups in total. The van der Waals surface area contributed by atoms with Gasteiger partial charge < -0.3 is 4.90 Å². The van der Waals surface area contributed by atoms with Crippen molar-refractivity contribution in [3.8, 4) is 44.5 Å². The molecule has 0 amide bonds. The van der Waals surface area contributed by atoms with Crippen molar-refractivity contribution in [2.75, 3.05) is 4.90 Å². The summed E-state index contributed by atoms with van der Waals surface area (Å²) in [5.74, 6) is 0. The summed E-state index contributed by atoms with van der Waals surface area (Å²) in [7, 11) is 0. The van der Waals surface area contributed by atoms with Crippen molar-refractivity contribution in [2.45, 2.75) is 0 Å². The fraction of sp³-hybridized carbons (Fsp3) is 0. The highest BCUT2D eigenvalue weighted by molar-refractivity contribution is 7.26. The number of thiophene rings is 1. The Bertz CT molecular complexity index is 3500. The van der Waals surface area contributed by atoms with Crippen molar-refractivity contribution in [3.63, 3.8) is 0 Å². The largest absolute Gasteiger partial charge is 0.309 e. The second-order valence-electron chi connectivity index (χ2n) is 15.3. The lowest BCUT2D eigenvalue weighted by Gasteiger charge is -2.26. The van der Waals surface area contributed by atoms with Crippen LogP contribution in [-0.2, 0) is 0 Å². The van der Waals surface area contributed by atoms with E-state index in [0.29, 0.717) is 0 Å². The number of hydrogen-bond donors (Lipinski definition) is 0. The van der Waals surface area contributed by atoms with Gasteiger partial charge >= 0.3 is 0 Å². The zero-order chi connectivity index (χ0) is 39.6. The van der Waals surface area contributed by atoms with E-state index in [1.807, 2.05) is 22.7 Å². The summed E-state index contributed by atoms with van der Waals surface area (Å²) < 4.78 is 6.33. The molecule has 0 fully saturated rings. The van der Waals surface area contributed by atoms with E-state index in [-0.39, 0.29) is 0 Å². The summed E-state index contributed by atoms with van der Waals surface area (Å²) in [6.45, 7) is 0. The Balaban J connectivity index is 0.949. The zero-order valence-corrected chi connectivity index (χ0v) is 34.1. The van der Waals surface area contributed by atoms with Crippen molar-refractivity contribution in [2.24, 2.45) is 0 Å². The van der Waals surface area contributed by atoms with E-state index in [9.17, 15) is 0 Å². The van der Waals surface area contributed by atoms with E-state index < -0.39 is 0 Å². The standard InChI is InChI=1S/C56H36N2S2/c1-3-12-37(13-4-1)38-22-24-39(25-23-38)40-26-31-44(32-27-40)57(50-20-11-18-47-46-16-8-10-21-52(46)59-55(47)50)45-33-28-41(29-34-45)43-30-35-53-51(36-43)58-49-19-9-7-17-48(49)54(56(58)60-53)42-14-5-2-6-15-42/h1-36H. The van der Waals surface area contributed by atoms with Crippen LogP contribution in [-0.4, -0.2) is 4.40 Å². The van der Waals surface area contributed by atoms with E-state index in [2.05, 4.69) is 228 Å². The van der Waals surface area contributed by atoms with Crippen LogP contribution >= 0.6 is 22.7 Å². The van der Waals surface area contributed by atoms with Crippen LogP contribution in [0.2, 0.25) is 0 Å². The highest BCUT2D eigenvalue weighted by Crippen LogP contribution is 2.46. The Labute approximate surface area is 356 Å². The Kier molecular flexibility index (Phi) is 8.25. The van der Waals surface area contributed by atoms with Crippen LogP contribution in [0.25, 0.3) is 90.6 Å². The van der Waals surface area contributed by atoms with Gasteiger partial charge in [-0.25, -0.2) is 0 Å². The summed E-state index contributed by atoms with van der Waals surface area (Å²) in [5.41, 5.74) is 15.7. The van der Waals surface area contributed by atoms with E-state index >= 15 is 0 Å². The van der Waals surface area contributed by atoms with Crippen LogP contribution in [0.15, 0.2) is 218 Å². The number of nitrogens with zero attached hydrogens (tertiary/aromatic N) is 2. The van der Waals surface area contributed by atoms with Crippen LogP contribution in [0.1, 0.15) is 0 Å². The first-order valence-corrected chi connectivity index (χ1v) is 22.0. The zero-order valence-electron chi connectivity index (χ0n) is 32.5. The molecule has 9 aromatic carbocycles. The molecule has 0 atom stereocenters. The van der Waals surface area contributed by atoms with E-state index in [1.165, 1.54) is 96.3 Å². The maximum atomic E-state index is 2.46. The molecular weight excluding hydrogens is 765 g/mol. The molecule has 0 unspecified atom stereocenters. The van der Waals surface area contributed by atoms with Gasteiger partial charge in [-0.2, -0.15) is 0 Å². The maximum absolute atomic E-state index is 2.46. The van der Waals surface area contributed by atoms with E-state index in [1.54, 1.807) is 0 Å². The number of anilines is 3. The monoisotopic (exact) mass is 800 g/mol. The first-order valence-electron chi connectivity index (χ1n) is 20.3. The topological polar surface area (TPSA) is 7.65 Å². The van der Waals surface area contributed by atoms with Gasteiger partial charge in [0.25, 0.3) is 0 Å². The molecule has 0 aliphatic rings. The normalized spacial score (nSPS) is 11.7. The minimum absolute atomic E-state index is 1.12. The SMILES string of the molecule is c1ccc(-c2ccc(-c3ccc(N(c4ccc(-c5ccc6sc7c(-c8ccccc8)c8ccccc8n7c6c5)cc4)c4cccc5c4sc4ccccc45)cc3)cc2)cc1. The second-order valence-corrected chi connectivity index (χ2v) is 17.4. The lowest BCUT2D eigenvalue weighted by atomic mass is 10.00. The summed E-state index contributed by atoms with van der Waals surface area (Å²) in [5, 5.41) is 3.87. The van der Waals surface area contributed by atoms with Gasteiger partial charge in [-0.3, -0.25) is 4.40 Å². The minimum Gasteiger partial charge on any atom is -0.309 e. The van der Waals surface area contributed by atoms with Crippen LogP contribution in [0.5, 0.6) is 0 Å². The third kappa shape index (κ3) is 5.76. The van der Waals surface area contributed by atoms with Crippen LogP contribution in [0, 0.1) is 0 Å². The third-order valence-corrected chi connectivity index (χ3v) is 14.2. The number of fused-ring (bicyclic) bond motifs is 8. The quantitative estimate of drug-likeness (QED) is 0.156. The first-order chi connectivity index (χ1) is 29.7. The molecule has 3 aromatic heterocycles. The number of para-hydroxylation sites is 1. The molecule has 4 heteroatoms. The number of aromatic nitrogens is 1. The summed E-state index contributed by atoms with van der Waals surface area (Å²) in [6.07, 6.45) is 0. The lowest BCUT2D eigenvalue weighted by molar-refractivity contribution is 1.30. The average molecular weight is 801 g/mol. The van der Waals surface area contributed by atoms with Gasteiger partial charge in [0.2, 0.25) is 0 Å². The maximum Gasteiger partial charge on any atom is 0.109 e. The molecule has 60 heavy (non-hydrogen) atoms. The summed E-state index contributed by atoms with van der Waals surface area (Å²) in [6, 6.07) is 79.7. The van der Waals surface area contributed by atoms with Gasteiger partial charge in [-0.05, 0) is 93.5 Å². The molecule has 0 aliphatic heterocycles. The predicted molar refractivity (Wildman–Crippen MR) is 260 cm³/mol. The molecule has 0 spiro atoms. The van der Waals surface area contributed by atoms with Crippen LogP contribution < -0.4 is 4.90 Å². The van der Waals surface area contributed by atoms with Crippen molar-refractivity contribution in [1.82, 2.24) is 4.40 Å². The highest BCUT2D eigenvalue weighted by Gasteiger charge is 2.20. The molecular formula is C56H36N2S2. The van der Waals surface area contributed by atoms with Gasteiger partial charge in [0.15, 0.2) is 0 Å². The smallest absolute Gasteiger partial charge is 0.109 e. The lowest BCUT2D eigenvalue weighted by Crippen LogP contribution is -2.10. The van der Waals surface area contributed by atoms with Gasteiger partial charge in [-0.1, -0.05) is 164 Å². The fourth-order valence-corrected chi connectivity index (χ4v) is 11.3. The molecule has 0 aliphatic carbocycles. The van der Waals surface area contributed by atoms with Gasteiger partial charge in [0, 0.05) is 37.8 Å². The van der Waals surface area contributed by atoms with Gasteiger partial charge in [0.1, 0.15) is 4.83 Å². The summed E-state index contributed by atoms with van der Waals surface area (Å²) in [4.78, 5) is 3.71. The van der Waals surface area contributed by atoms with Gasteiger partial charge in [0.05, 0.1) is 26.1 Å². The minimum atomic E-state index is 1.12. The Morgan fingerprint density at radius 2 is 0.850 bits per heavy atom. The number of benzene rings is 9. The van der Waals surface area contributed by atoms with Crippen LogP contribution in [0.4, 0.5) is 17.1 Å². The van der Waals surface area contributed by atoms with E-state index in [0.717, 1.165) is 11.4 Å². The van der Waals surface area contributed by atoms with Crippen LogP contribution in [0.3, 0.4) is 0 Å². The van der Waals surface area contributed by atoms with Crippen molar-refractivity contribution < 1.29 is 0 Å². The number of hydrogen-bond acceptors (Lipinski definition) is 3. The molecule has 282 valence electrons. The molecule has 2 nitrogen and oxygen atoms in total. The molecule has 12 aromatic rings. The molecule has 0 saturated heterocycles. The molecule has 3 heterocycles. The molecule has 0 saturated carbocycles. The number of rotatable bonds is 7. The van der Waals surface area contributed by atoms with E-state index in [4.69, 9.17) is 0 Å². The van der Waals surface area contributed by atoms with Gasteiger partial charge in [-0.15, -0.1) is 22.7 Å². The molecule has 12 rings (SSSR count). The second kappa shape index (κ2) is 14.2. The molecule has 0 radical (unpaired) electrons. The third-order valence-electron chi connectivity index (χ3n) is 11.8. The number of thiazole rings is 1. The Hall–Kier alpha value is -7.24. The van der Waals surface area contributed by atoms with Crippen molar-refractivity contribution >= 4 is 85.9 Å². The molecule has 0 bridgehead atoms. The Morgan fingerprint density at radius 3 is 1.53 bits per heavy atom. The van der Waals surface area contributed by atoms with Crippen molar-refractivity contribution in [1.29, 1.82) is 0 Å². The predicted octanol–water partition coefficient (Wildman–Crippen LogP) is 16.8.